The maximum atomic E-state index is 2.57. The molecule has 0 fully saturated rings. The van der Waals surface area contributed by atoms with Gasteiger partial charge in [0.1, 0.15) is 0 Å². The molecule has 1 heteroatoms. The van der Waals surface area contributed by atoms with E-state index < -0.39 is 5.41 Å². The molecule has 0 aliphatic heterocycles. The van der Waals surface area contributed by atoms with E-state index in [1.165, 1.54) is 98.7 Å². The fraction of sp³-hybridized carbons (Fsp3) is 0.0154. The third-order valence-corrected chi connectivity index (χ3v) is 14.1. The van der Waals surface area contributed by atoms with E-state index >= 15 is 0 Å². The van der Waals surface area contributed by atoms with Gasteiger partial charge in [0.25, 0.3) is 0 Å². The van der Waals surface area contributed by atoms with Crippen molar-refractivity contribution >= 4 is 60.2 Å². The van der Waals surface area contributed by atoms with Crippen LogP contribution in [0.25, 0.3) is 76.5 Å². The van der Waals surface area contributed by atoms with E-state index in [0.29, 0.717) is 0 Å². The van der Waals surface area contributed by atoms with Crippen molar-refractivity contribution in [2.24, 2.45) is 0 Å². The summed E-state index contributed by atoms with van der Waals surface area (Å²) in [5.41, 5.74) is 15.2. The molecule has 0 heterocycles. The van der Waals surface area contributed by atoms with Crippen molar-refractivity contribution in [1.29, 1.82) is 0 Å². The molecule has 1 nitrogen and oxygen atoms in total. The lowest BCUT2D eigenvalue weighted by Gasteiger charge is -2.34. The van der Waals surface area contributed by atoms with Crippen LogP contribution in [0.15, 0.2) is 261 Å². The van der Waals surface area contributed by atoms with Gasteiger partial charge in [-0.05, 0) is 112 Å². The Labute approximate surface area is 385 Å². The Balaban J connectivity index is 1.19. The third-order valence-electron chi connectivity index (χ3n) is 14.1. The van der Waals surface area contributed by atoms with Crippen molar-refractivity contribution in [3.05, 3.63) is 283 Å². The number of anilines is 3. The highest BCUT2D eigenvalue weighted by Gasteiger charge is 2.47. The first kappa shape index (κ1) is 38.0. The Morgan fingerprint density at radius 1 is 0.273 bits per heavy atom. The Bertz CT molecular complexity index is 3760. The lowest BCUT2D eigenvalue weighted by Crippen LogP contribution is -2.28. The van der Waals surface area contributed by atoms with Crippen LogP contribution in [-0.2, 0) is 5.41 Å². The van der Waals surface area contributed by atoms with E-state index in [-0.39, 0.29) is 0 Å². The average Bonchev–Trinajstić information content (AvgIpc) is 3.71. The molecule has 0 radical (unpaired) electrons. The van der Waals surface area contributed by atoms with E-state index in [2.05, 4.69) is 266 Å². The van der Waals surface area contributed by atoms with Gasteiger partial charge in [0.15, 0.2) is 0 Å². The average molecular weight is 838 g/mol. The molecule has 0 bridgehead atoms. The minimum atomic E-state index is -0.547. The van der Waals surface area contributed by atoms with Crippen LogP contribution < -0.4 is 4.90 Å². The zero-order chi connectivity index (χ0) is 43.6. The molecule has 0 aromatic heterocycles. The fourth-order valence-electron chi connectivity index (χ4n) is 11.4. The Hall–Kier alpha value is -8.52. The van der Waals surface area contributed by atoms with Gasteiger partial charge in [-0.2, -0.15) is 0 Å². The fourth-order valence-corrected chi connectivity index (χ4v) is 11.4. The van der Waals surface area contributed by atoms with Gasteiger partial charge in [-0.25, -0.2) is 0 Å². The van der Waals surface area contributed by atoms with Crippen molar-refractivity contribution in [3.63, 3.8) is 0 Å². The van der Waals surface area contributed by atoms with Crippen molar-refractivity contribution in [2.45, 2.75) is 5.41 Å². The molecule has 12 aromatic carbocycles. The normalized spacial score (nSPS) is 12.7. The summed E-state index contributed by atoms with van der Waals surface area (Å²) in [7, 11) is 0. The molecule has 1 aliphatic carbocycles. The van der Waals surface area contributed by atoms with Gasteiger partial charge in [-0.15, -0.1) is 0 Å². The van der Waals surface area contributed by atoms with E-state index in [1.807, 2.05) is 0 Å². The molecule has 0 saturated heterocycles. The smallest absolute Gasteiger partial charge is 0.0714 e. The first-order chi connectivity index (χ1) is 32.8. The zero-order valence-corrected chi connectivity index (χ0v) is 36.3. The van der Waals surface area contributed by atoms with Crippen LogP contribution in [0, 0.1) is 0 Å². The molecule has 66 heavy (non-hydrogen) atoms. The number of hydrogen-bond donors (Lipinski definition) is 0. The van der Waals surface area contributed by atoms with Gasteiger partial charge >= 0.3 is 0 Å². The lowest BCUT2D eigenvalue weighted by molar-refractivity contribution is 0.768. The van der Waals surface area contributed by atoms with Crippen LogP contribution in [0.4, 0.5) is 17.1 Å². The van der Waals surface area contributed by atoms with Gasteiger partial charge in [0, 0.05) is 16.6 Å². The Morgan fingerprint density at radius 2 is 0.758 bits per heavy atom. The highest BCUT2D eigenvalue weighted by atomic mass is 15.1. The maximum Gasteiger partial charge on any atom is 0.0714 e. The molecule has 12 aromatic rings. The van der Waals surface area contributed by atoms with Crippen LogP contribution in [-0.4, -0.2) is 0 Å². The maximum absolute atomic E-state index is 2.57. The number of rotatable bonds is 7. The molecule has 1 aliphatic rings. The first-order valence-corrected chi connectivity index (χ1v) is 22.9. The van der Waals surface area contributed by atoms with Crippen LogP contribution in [0.5, 0.6) is 0 Å². The summed E-state index contributed by atoms with van der Waals surface area (Å²) in [6.07, 6.45) is 0. The summed E-state index contributed by atoms with van der Waals surface area (Å²) in [4.78, 5) is 2.57. The predicted molar refractivity (Wildman–Crippen MR) is 279 cm³/mol. The summed E-state index contributed by atoms with van der Waals surface area (Å²) >= 11 is 0. The van der Waals surface area contributed by atoms with Gasteiger partial charge in [0.2, 0.25) is 0 Å². The summed E-state index contributed by atoms with van der Waals surface area (Å²) in [6.45, 7) is 0. The predicted octanol–water partition coefficient (Wildman–Crippen LogP) is 17.5. The number of hydrogen-bond acceptors (Lipinski definition) is 1. The molecule has 0 atom stereocenters. The van der Waals surface area contributed by atoms with Crippen molar-refractivity contribution in [2.75, 3.05) is 4.90 Å². The highest BCUT2D eigenvalue weighted by Crippen LogP contribution is 2.60. The molecule has 308 valence electrons. The topological polar surface area (TPSA) is 3.24 Å². The molecular weight excluding hydrogens is 795 g/mol. The molecular formula is C65H43N. The Kier molecular flexibility index (Phi) is 8.82. The van der Waals surface area contributed by atoms with Crippen LogP contribution >= 0.6 is 0 Å². The van der Waals surface area contributed by atoms with Gasteiger partial charge in [-0.3, -0.25) is 0 Å². The van der Waals surface area contributed by atoms with E-state index in [0.717, 1.165) is 17.1 Å². The highest BCUT2D eigenvalue weighted by molar-refractivity contribution is 6.23. The van der Waals surface area contributed by atoms with Crippen molar-refractivity contribution < 1.29 is 0 Å². The molecule has 0 unspecified atom stereocenters. The first-order valence-electron chi connectivity index (χ1n) is 22.9. The minimum Gasteiger partial charge on any atom is -0.309 e. The largest absolute Gasteiger partial charge is 0.309 e. The summed E-state index contributed by atoms with van der Waals surface area (Å²) < 4.78 is 0. The monoisotopic (exact) mass is 837 g/mol. The number of fused-ring (bicyclic) bond motifs is 9. The standard InChI is InChI=1S/C65H43N/c1-5-22-44(23-6-1)62-55-35-18-16-33-52(55)53-41-40-49(43-57(53)63(62)45-24-7-2-8-25-45)66(61-42-46-26-13-14-31-50(46)51-32-15-17-34-54(51)61)60-39-21-38-59-64(60)56-36-19-20-37-58(56)65(59,47-27-9-3-10-28-47)48-29-11-4-12-30-48/h1-43H. The van der Waals surface area contributed by atoms with E-state index in [4.69, 9.17) is 0 Å². The second-order valence-electron chi connectivity index (χ2n) is 17.5. The quantitative estimate of drug-likeness (QED) is 0.145. The van der Waals surface area contributed by atoms with Crippen LogP contribution in [0.1, 0.15) is 22.3 Å². The van der Waals surface area contributed by atoms with Crippen LogP contribution in [0.3, 0.4) is 0 Å². The lowest BCUT2D eigenvalue weighted by atomic mass is 9.68. The van der Waals surface area contributed by atoms with Crippen LogP contribution in [0.2, 0.25) is 0 Å². The molecule has 0 spiro atoms. The molecule has 0 amide bonds. The van der Waals surface area contributed by atoms with Crippen molar-refractivity contribution in [1.82, 2.24) is 0 Å². The third kappa shape index (κ3) is 5.67. The second kappa shape index (κ2) is 15.3. The molecule has 0 N–H and O–H groups in total. The molecule has 0 saturated carbocycles. The zero-order valence-electron chi connectivity index (χ0n) is 36.3. The van der Waals surface area contributed by atoms with Crippen molar-refractivity contribution in [3.8, 4) is 33.4 Å². The number of nitrogens with zero attached hydrogens (tertiary/aromatic N) is 1. The van der Waals surface area contributed by atoms with Gasteiger partial charge < -0.3 is 4.90 Å². The van der Waals surface area contributed by atoms with E-state index in [1.54, 1.807) is 0 Å². The Morgan fingerprint density at radius 3 is 1.42 bits per heavy atom. The summed E-state index contributed by atoms with van der Waals surface area (Å²) in [5, 5.41) is 9.81. The van der Waals surface area contributed by atoms with Gasteiger partial charge in [-0.1, -0.05) is 237 Å². The molecule has 13 rings (SSSR count). The number of benzene rings is 12. The SMILES string of the molecule is c1ccc(-c2c(-c3ccccc3)c3cc(N(c4cccc5c4-c4ccccc4C5(c4ccccc4)c4ccccc4)c4cc5ccccc5c5ccccc45)ccc3c3ccccc23)cc1. The summed E-state index contributed by atoms with van der Waals surface area (Å²) in [5.74, 6) is 0. The summed E-state index contributed by atoms with van der Waals surface area (Å²) in [6, 6.07) is 96.6. The van der Waals surface area contributed by atoms with E-state index in [9.17, 15) is 0 Å². The second-order valence-corrected chi connectivity index (χ2v) is 17.5. The minimum absolute atomic E-state index is 0.547. The van der Waals surface area contributed by atoms with Gasteiger partial charge in [0.05, 0.1) is 16.8 Å².